The Bertz CT molecular complexity index is 632. The van der Waals surface area contributed by atoms with Gasteiger partial charge in [0.15, 0.2) is 0 Å². The number of sulfonamides is 1. The van der Waals surface area contributed by atoms with Crippen LogP contribution in [0.3, 0.4) is 0 Å². The fourth-order valence-electron chi connectivity index (χ4n) is 2.33. The van der Waals surface area contributed by atoms with Crippen LogP contribution in [0.25, 0.3) is 0 Å². The molecule has 8 heteroatoms. The van der Waals surface area contributed by atoms with E-state index in [2.05, 4.69) is 0 Å². The molecule has 1 saturated heterocycles. The molecule has 1 aromatic carbocycles. The molecule has 1 aromatic rings. The summed E-state index contributed by atoms with van der Waals surface area (Å²) in [5.41, 5.74) is 0. The normalized spacial score (nSPS) is 20.2. The van der Waals surface area contributed by atoms with E-state index in [9.17, 15) is 13.2 Å². The predicted molar refractivity (Wildman–Crippen MR) is 75.6 cm³/mol. The van der Waals surface area contributed by atoms with Gasteiger partial charge in [-0.15, -0.1) is 0 Å². The van der Waals surface area contributed by atoms with E-state index >= 15 is 0 Å². The van der Waals surface area contributed by atoms with Crippen LogP contribution in [-0.4, -0.2) is 36.4 Å². The van der Waals surface area contributed by atoms with Crippen molar-refractivity contribution < 1.29 is 18.3 Å². The number of hydrogen-bond acceptors (Lipinski definition) is 3. The van der Waals surface area contributed by atoms with Crippen molar-refractivity contribution >= 4 is 39.2 Å². The first kappa shape index (κ1) is 15.6. The van der Waals surface area contributed by atoms with Gasteiger partial charge in [0.2, 0.25) is 10.0 Å². The zero-order chi connectivity index (χ0) is 14.9. The Kier molecular flexibility index (Phi) is 4.59. The summed E-state index contributed by atoms with van der Waals surface area (Å²) in [6.45, 7) is 0.295. The van der Waals surface area contributed by atoms with E-state index in [0.717, 1.165) is 0 Å². The monoisotopic (exact) mass is 337 g/mol. The molecule has 1 unspecified atom stereocenters. The molecule has 0 saturated carbocycles. The van der Waals surface area contributed by atoms with Crippen molar-refractivity contribution in [1.82, 2.24) is 4.31 Å². The Balaban J connectivity index is 2.39. The molecule has 0 amide bonds. The number of benzene rings is 1. The minimum Gasteiger partial charge on any atom is -0.481 e. The average Bonchev–Trinajstić information content (AvgIpc) is 2.80. The van der Waals surface area contributed by atoms with Crippen LogP contribution in [0.15, 0.2) is 23.1 Å². The van der Waals surface area contributed by atoms with Crippen LogP contribution < -0.4 is 0 Å². The molecule has 1 fully saturated rings. The lowest BCUT2D eigenvalue weighted by Crippen LogP contribution is -2.36. The van der Waals surface area contributed by atoms with Gasteiger partial charge in [-0.1, -0.05) is 23.2 Å². The first-order valence-corrected chi connectivity index (χ1v) is 8.20. The fraction of sp³-hybridized carbons (Fsp3) is 0.417. The summed E-state index contributed by atoms with van der Waals surface area (Å²) in [7, 11) is -3.83. The lowest BCUT2D eigenvalue weighted by Gasteiger charge is -2.23. The highest BCUT2D eigenvalue weighted by atomic mass is 35.5. The highest BCUT2D eigenvalue weighted by Gasteiger charge is 2.37. The Hall–Kier alpha value is -0.820. The van der Waals surface area contributed by atoms with Crippen molar-refractivity contribution in [3.05, 3.63) is 28.2 Å². The Labute approximate surface area is 127 Å². The smallest absolute Gasteiger partial charge is 0.304 e. The van der Waals surface area contributed by atoms with Gasteiger partial charge in [0.1, 0.15) is 4.90 Å². The van der Waals surface area contributed by atoms with Crippen molar-refractivity contribution in [3.8, 4) is 0 Å². The van der Waals surface area contributed by atoms with Crippen LogP contribution in [0.2, 0.25) is 10.0 Å². The number of carbonyl (C=O) groups is 1. The second kappa shape index (κ2) is 5.89. The van der Waals surface area contributed by atoms with Gasteiger partial charge in [0.25, 0.3) is 0 Å². The molecular weight excluding hydrogens is 325 g/mol. The summed E-state index contributed by atoms with van der Waals surface area (Å²) in [4.78, 5) is 10.7. The molecule has 1 N–H and O–H groups in total. The van der Waals surface area contributed by atoms with Crippen LogP contribution in [0, 0.1) is 0 Å². The van der Waals surface area contributed by atoms with E-state index in [1.165, 1.54) is 22.5 Å². The lowest BCUT2D eigenvalue weighted by molar-refractivity contribution is -0.137. The predicted octanol–water partition coefficient (Wildman–Crippen LogP) is 2.62. The highest BCUT2D eigenvalue weighted by Crippen LogP contribution is 2.32. The van der Waals surface area contributed by atoms with Gasteiger partial charge in [-0.05, 0) is 31.0 Å². The first-order valence-electron chi connectivity index (χ1n) is 6.01. The van der Waals surface area contributed by atoms with E-state index in [0.29, 0.717) is 19.4 Å². The highest BCUT2D eigenvalue weighted by molar-refractivity contribution is 7.89. The molecule has 1 atom stereocenters. The summed E-state index contributed by atoms with van der Waals surface area (Å²) in [6.07, 6.45) is 0.955. The minimum absolute atomic E-state index is 0.0791. The van der Waals surface area contributed by atoms with Crippen LogP contribution in [0.1, 0.15) is 19.3 Å². The second-order valence-electron chi connectivity index (χ2n) is 4.58. The largest absolute Gasteiger partial charge is 0.481 e. The molecular formula is C12H13Cl2NO4S. The molecule has 0 bridgehead atoms. The molecule has 0 aliphatic carbocycles. The van der Waals surface area contributed by atoms with Crippen LogP contribution in [0.5, 0.6) is 0 Å². The van der Waals surface area contributed by atoms with Gasteiger partial charge < -0.3 is 5.11 Å². The molecule has 5 nitrogen and oxygen atoms in total. The van der Waals surface area contributed by atoms with Crippen molar-refractivity contribution in [2.75, 3.05) is 6.54 Å². The van der Waals surface area contributed by atoms with E-state index in [1.54, 1.807) is 0 Å². The van der Waals surface area contributed by atoms with Crippen LogP contribution >= 0.6 is 23.2 Å². The number of aliphatic carboxylic acids is 1. The van der Waals surface area contributed by atoms with Crippen LogP contribution in [-0.2, 0) is 14.8 Å². The molecule has 1 aliphatic heterocycles. The summed E-state index contributed by atoms with van der Waals surface area (Å²) >= 11 is 11.7. The van der Waals surface area contributed by atoms with E-state index in [-0.39, 0.29) is 21.4 Å². The number of carboxylic acid groups (broad SMARTS) is 1. The van der Waals surface area contributed by atoms with Gasteiger partial charge in [-0.25, -0.2) is 8.42 Å². The van der Waals surface area contributed by atoms with Gasteiger partial charge in [0, 0.05) is 17.6 Å². The quantitative estimate of drug-likeness (QED) is 0.916. The molecule has 20 heavy (non-hydrogen) atoms. The lowest BCUT2D eigenvalue weighted by atomic mass is 10.2. The zero-order valence-corrected chi connectivity index (χ0v) is 12.7. The summed E-state index contributed by atoms with van der Waals surface area (Å²) in [6, 6.07) is 3.67. The maximum absolute atomic E-state index is 12.6. The number of nitrogens with zero attached hydrogens (tertiary/aromatic N) is 1. The third kappa shape index (κ3) is 3.09. The summed E-state index contributed by atoms with van der Waals surface area (Å²) in [5.74, 6) is -1.02. The van der Waals surface area contributed by atoms with E-state index in [4.69, 9.17) is 28.3 Å². The van der Waals surface area contributed by atoms with Gasteiger partial charge in [-0.3, -0.25) is 4.79 Å². The van der Waals surface area contributed by atoms with Crippen molar-refractivity contribution in [3.63, 3.8) is 0 Å². The van der Waals surface area contributed by atoms with Gasteiger partial charge in [0.05, 0.1) is 11.4 Å². The van der Waals surface area contributed by atoms with Crippen molar-refractivity contribution in [2.45, 2.75) is 30.2 Å². The molecule has 0 spiro atoms. The van der Waals surface area contributed by atoms with E-state index in [1.807, 2.05) is 0 Å². The average molecular weight is 338 g/mol. The second-order valence-corrected chi connectivity index (χ2v) is 7.29. The molecule has 0 aromatic heterocycles. The molecule has 1 heterocycles. The topological polar surface area (TPSA) is 74.7 Å². The van der Waals surface area contributed by atoms with Gasteiger partial charge in [-0.2, -0.15) is 4.31 Å². The number of carboxylic acids is 1. The maximum atomic E-state index is 12.6. The van der Waals surface area contributed by atoms with Crippen molar-refractivity contribution in [2.24, 2.45) is 0 Å². The number of rotatable bonds is 4. The Morgan fingerprint density at radius 1 is 1.40 bits per heavy atom. The fourth-order valence-corrected chi connectivity index (χ4v) is 4.76. The summed E-state index contributed by atoms with van der Waals surface area (Å²) in [5, 5.41) is 9.20. The molecule has 1 aliphatic rings. The number of halogens is 2. The molecule has 0 radical (unpaired) electrons. The van der Waals surface area contributed by atoms with Crippen LogP contribution in [0.4, 0.5) is 0 Å². The van der Waals surface area contributed by atoms with E-state index < -0.39 is 22.0 Å². The van der Waals surface area contributed by atoms with Gasteiger partial charge >= 0.3 is 5.97 Å². The standard InChI is InChI=1S/C12H13Cl2NO4S/c13-8-3-4-10(14)11(6-8)20(18,19)15-5-1-2-9(15)7-12(16)17/h3-4,6,9H,1-2,5,7H2,(H,16,17). The zero-order valence-electron chi connectivity index (χ0n) is 10.4. The Morgan fingerprint density at radius 3 is 2.75 bits per heavy atom. The third-order valence-corrected chi connectivity index (χ3v) is 5.88. The maximum Gasteiger partial charge on any atom is 0.304 e. The SMILES string of the molecule is O=C(O)CC1CCCN1S(=O)(=O)c1cc(Cl)ccc1Cl. The minimum atomic E-state index is -3.83. The number of hydrogen-bond donors (Lipinski definition) is 1. The Morgan fingerprint density at radius 2 is 2.10 bits per heavy atom. The summed E-state index contributed by atoms with van der Waals surface area (Å²) < 4.78 is 26.4. The first-order chi connectivity index (χ1) is 9.32. The van der Waals surface area contributed by atoms with Crippen molar-refractivity contribution in [1.29, 1.82) is 0 Å². The third-order valence-electron chi connectivity index (χ3n) is 3.21. The molecule has 2 rings (SSSR count). The molecule has 110 valence electrons.